The Morgan fingerprint density at radius 2 is 1.72 bits per heavy atom. The van der Waals surface area contributed by atoms with Crippen molar-refractivity contribution in [2.75, 3.05) is 26.3 Å². The zero-order chi connectivity index (χ0) is 13.4. The van der Waals surface area contributed by atoms with Gasteiger partial charge in [-0.05, 0) is 25.2 Å². The third-order valence-electron chi connectivity index (χ3n) is 3.61. The van der Waals surface area contributed by atoms with Crippen molar-refractivity contribution < 1.29 is 9.47 Å². The van der Waals surface area contributed by atoms with Gasteiger partial charge in [-0.2, -0.15) is 0 Å². The van der Waals surface area contributed by atoms with Crippen molar-refractivity contribution in [3.05, 3.63) is 0 Å². The van der Waals surface area contributed by atoms with E-state index >= 15 is 0 Å². The Bertz CT molecular complexity index is 199. The standard InChI is InChI=1S/C15H31NO2/c1-5-14(6-2)16(12-13(3)4)9-8-15-17-10-7-11-18-15/h13-15H,5-12H2,1-4H3. The minimum atomic E-state index is 0.0303. The second kappa shape index (κ2) is 8.89. The molecule has 1 aliphatic heterocycles. The molecule has 3 heteroatoms. The van der Waals surface area contributed by atoms with Crippen LogP contribution in [0.5, 0.6) is 0 Å². The quantitative estimate of drug-likeness (QED) is 0.666. The van der Waals surface area contributed by atoms with Crippen molar-refractivity contribution in [3.8, 4) is 0 Å². The van der Waals surface area contributed by atoms with Crippen LogP contribution in [-0.4, -0.2) is 43.5 Å². The first-order valence-corrected chi connectivity index (χ1v) is 7.64. The summed E-state index contributed by atoms with van der Waals surface area (Å²) in [4.78, 5) is 2.62. The molecule has 1 aliphatic rings. The van der Waals surface area contributed by atoms with E-state index in [2.05, 4.69) is 32.6 Å². The van der Waals surface area contributed by atoms with Gasteiger partial charge in [-0.1, -0.05) is 27.7 Å². The monoisotopic (exact) mass is 257 g/mol. The van der Waals surface area contributed by atoms with Gasteiger partial charge in [0.25, 0.3) is 0 Å². The third kappa shape index (κ3) is 5.68. The molecule has 18 heavy (non-hydrogen) atoms. The van der Waals surface area contributed by atoms with E-state index in [4.69, 9.17) is 9.47 Å². The highest BCUT2D eigenvalue weighted by atomic mass is 16.7. The highest BCUT2D eigenvalue weighted by Crippen LogP contribution is 2.15. The Labute approximate surface area is 113 Å². The van der Waals surface area contributed by atoms with Gasteiger partial charge in [0.15, 0.2) is 6.29 Å². The van der Waals surface area contributed by atoms with Gasteiger partial charge in [0.1, 0.15) is 0 Å². The van der Waals surface area contributed by atoms with E-state index in [-0.39, 0.29) is 6.29 Å². The summed E-state index contributed by atoms with van der Waals surface area (Å²) in [7, 11) is 0. The summed E-state index contributed by atoms with van der Waals surface area (Å²) in [6.07, 6.45) is 4.54. The minimum Gasteiger partial charge on any atom is -0.353 e. The summed E-state index contributed by atoms with van der Waals surface area (Å²) in [6, 6.07) is 0.705. The van der Waals surface area contributed by atoms with E-state index in [1.165, 1.54) is 19.4 Å². The Balaban J connectivity index is 2.38. The molecule has 1 rings (SSSR count). The summed E-state index contributed by atoms with van der Waals surface area (Å²) in [5, 5.41) is 0. The maximum atomic E-state index is 5.63. The number of hydrogen-bond donors (Lipinski definition) is 0. The number of hydrogen-bond acceptors (Lipinski definition) is 3. The van der Waals surface area contributed by atoms with Gasteiger partial charge in [0.05, 0.1) is 13.2 Å². The first kappa shape index (κ1) is 15.9. The lowest BCUT2D eigenvalue weighted by molar-refractivity contribution is -0.183. The van der Waals surface area contributed by atoms with Crippen LogP contribution in [0, 0.1) is 5.92 Å². The second-order valence-corrected chi connectivity index (χ2v) is 5.67. The van der Waals surface area contributed by atoms with Crippen LogP contribution in [0.25, 0.3) is 0 Å². The topological polar surface area (TPSA) is 21.7 Å². The first-order chi connectivity index (χ1) is 8.67. The SMILES string of the molecule is CCC(CC)N(CCC1OCCCO1)CC(C)C. The molecule has 0 saturated carbocycles. The molecule has 1 heterocycles. The van der Waals surface area contributed by atoms with E-state index in [1.54, 1.807) is 0 Å². The molecule has 0 bridgehead atoms. The predicted octanol–water partition coefficient (Wildman–Crippen LogP) is 3.29. The van der Waals surface area contributed by atoms with Gasteiger partial charge in [-0.25, -0.2) is 0 Å². The van der Waals surface area contributed by atoms with Crippen LogP contribution in [0.15, 0.2) is 0 Å². The fourth-order valence-electron chi connectivity index (χ4n) is 2.67. The Kier molecular flexibility index (Phi) is 7.87. The summed E-state index contributed by atoms with van der Waals surface area (Å²) < 4.78 is 11.3. The zero-order valence-corrected chi connectivity index (χ0v) is 12.7. The van der Waals surface area contributed by atoms with Gasteiger partial charge < -0.3 is 9.47 Å². The van der Waals surface area contributed by atoms with Crippen molar-refractivity contribution in [3.63, 3.8) is 0 Å². The minimum absolute atomic E-state index is 0.0303. The molecule has 0 aromatic rings. The molecule has 0 atom stereocenters. The zero-order valence-electron chi connectivity index (χ0n) is 12.7. The molecule has 1 saturated heterocycles. The normalized spacial score (nSPS) is 18.2. The Hall–Kier alpha value is -0.120. The van der Waals surface area contributed by atoms with Gasteiger partial charge >= 0.3 is 0 Å². The summed E-state index contributed by atoms with van der Waals surface area (Å²) in [5.74, 6) is 0.721. The molecule has 0 radical (unpaired) electrons. The number of nitrogens with zero attached hydrogens (tertiary/aromatic N) is 1. The summed E-state index contributed by atoms with van der Waals surface area (Å²) >= 11 is 0. The maximum Gasteiger partial charge on any atom is 0.158 e. The van der Waals surface area contributed by atoms with Crippen LogP contribution in [0.3, 0.4) is 0 Å². The summed E-state index contributed by atoms with van der Waals surface area (Å²) in [6.45, 7) is 13.2. The Morgan fingerprint density at radius 3 is 2.22 bits per heavy atom. The molecule has 1 fully saturated rings. The van der Waals surface area contributed by atoms with Gasteiger partial charge in [-0.3, -0.25) is 4.90 Å². The van der Waals surface area contributed by atoms with Crippen molar-refractivity contribution >= 4 is 0 Å². The molecular weight excluding hydrogens is 226 g/mol. The molecule has 0 amide bonds. The lowest BCUT2D eigenvalue weighted by Gasteiger charge is -2.33. The lowest BCUT2D eigenvalue weighted by Crippen LogP contribution is -2.40. The van der Waals surface area contributed by atoms with Crippen LogP contribution >= 0.6 is 0 Å². The van der Waals surface area contributed by atoms with Crippen LogP contribution in [0.4, 0.5) is 0 Å². The molecule has 0 unspecified atom stereocenters. The summed E-state index contributed by atoms with van der Waals surface area (Å²) in [5.41, 5.74) is 0. The molecule has 0 aliphatic carbocycles. The van der Waals surface area contributed by atoms with Crippen LogP contribution in [0.1, 0.15) is 53.4 Å². The van der Waals surface area contributed by atoms with Crippen molar-refractivity contribution in [2.24, 2.45) is 5.92 Å². The maximum absolute atomic E-state index is 5.63. The van der Waals surface area contributed by atoms with E-state index in [9.17, 15) is 0 Å². The first-order valence-electron chi connectivity index (χ1n) is 7.64. The molecule has 0 spiro atoms. The van der Waals surface area contributed by atoms with Crippen molar-refractivity contribution in [1.82, 2.24) is 4.90 Å². The third-order valence-corrected chi connectivity index (χ3v) is 3.61. The molecular formula is C15H31NO2. The number of rotatable bonds is 8. The molecule has 0 aromatic carbocycles. The van der Waals surface area contributed by atoms with Crippen molar-refractivity contribution in [1.29, 1.82) is 0 Å². The predicted molar refractivity (Wildman–Crippen MR) is 75.7 cm³/mol. The van der Waals surface area contributed by atoms with E-state index < -0.39 is 0 Å². The lowest BCUT2D eigenvalue weighted by atomic mass is 10.1. The van der Waals surface area contributed by atoms with Crippen molar-refractivity contribution in [2.45, 2.75) is 65.7 Å². The molecule has 108 valence electrons. The largest absolute Gasteiger partial charge is 0.353 e. The van der Waals surface area contributed by atoms with E-state index in [0.717, 1.165) is 38.5 Å². The van der Waals surface area contributed by atoms with Gasteiger partial charge in [0.2, 0.25) is 0 Å². The molecule has 0 N–H and O–H groups in total. The van der Waals surface area contributed by atoms with Crippen LogP contribution in [0.2, 0.25) is 0 Å². The highest BCUT2D eigenvalue weighted by Gasteiger charge is 2.20. The van der Waals surface area contributed by atoms with Gasteiger partial charge in [-0.15, -0.1) is 0 Å². The Morgan fingerprint density at radius 1 is 1.11 bits per heavy atom. The smallest absolute Gasteiger partial charge is 0.158 e. The average molecular weight is 257 g/mol. The van der Waals surface area contributed by atoms with E-state index in [1.807, 2.05) is 0 Å². The second-order valence-electron chi connectivity index (χ2n) is 5.67. The fourth-order valence-corrected chi connectivity index (χ4v) is 2.67. The average Bonchev–Trinajstić information content (AvgIpc) is 2.38. The van der Waals surface area contributed by atoms with Crippen LogP contribution in [-0.2, 0) is 9.47 Å². The highest BCUT2D eigenvalue weighted by molar-refractivity contribution is 4.71. The van der Waals surface area contributed by atoms with Gasteiger partial charge in [0, 0.05) is 25.6 Å². The fraction of sp³-hybridized carbons (Fsp3) is 1.00. The molecule has 3 nitrogen and oxygen atoms in total. The van der Waals surface area contributed by atoms with E-state index in [0.29, 0.717) is 6.04 Å². The number of ether oxygens (including phenoxy) is 2. The molecule has 0 aromatic heterocycles. The van der Waals surface area contributed by atoms with Crippen LogP contribution < -0.4 is 0 Å².